The summed E-state index contributed by atoms with van der Waals surface area (Å²) in [6.07, 6.45) is 2.35. The number of ether oxygens (including phenoxy) is 1. The molecule has 0 aliphatic carbocycles. The van der Waals surface area contributed by atoms with Gasteiger partial charge in [-0.3, -0.25) is 4.79 Å². The molecule has 2 aromatic carbocycles. The average molecular weight is 347 g/mol. The molecule has 4 nitrogen and oxygen atoms in total. The van der Waals surface area contributed by atoms with Crippen LogP contribution < -0.4 is 0 Å². The van der Waals surface area contributed by atoms with E-state index in [9.17, 15) is 9.59 Å². The molecule has 4 heteroatoms. The summed E-state index contributed by atoms with van der Waals surface area (Å²) in [4.78, 5) is 25.4. The molecule has 3 rings (SSSR count). The third-order valence-corrected chi connectivity index (χ3v) is 4.62. The van der Waals surface area contributed by atoms with E-state index in [1.807, 2.05) is 61.6 Å². The first-order valence-electron chi connectivity index (χ1n) is 8.43. The van der Waals surface area contributed by atoms with E-state index in [-0.39, 0.29) is 5.78 Å². The molecule has 0 N–H and O–H groups in total. The summed E-state index contributed by atoms with van der Waals surface area (Å²) in [6, 6.07) is 17.5. The lowest BCUT2D eigenvalue weighted by atomic mass is 9.93. The summed E-state index contributed by atoms with van der Waals surface area (Å²) in [7, 11) is 3.14. The number of ketones is 1. The van der Waals surface area contributed by atoms with Crippen LogP contribution in [0, 0.1) is 6.92 Å². The van der Waals surface area contributed by atoms with Crippen molar-refractivity contribution in [3.63, 3.8) is 0 Å². The standard InChI is InChI=1S/C22H21NO3/c1-15-20(22(25)26-3)19(14-23(15)2)21(24)18-12-8-7-11-17(18)13-16-9-5-4-6-10-16/h4-12,14H,13H2,1-3H3. The van der Waals surface area contributed by atoms with E-state index in [0.29, 0.717) is 28.8 Å². The maximum Gasteiger partial charge on any atom is 0.340 e. The molecule has 0 aliphatic rings. The molecule has 0 radical (unpaired) electrons. The second-order valence-electron chi connectivity index (χ2n) is 6.25. The average Bonchev–Trinajstić information content (AvgIpc) is 2.97. The molecule has 132 valence electrons. The Morgan fingerprint density at radius 3 is 2.31 bits per heavy atom. The van der Waals surface area contributed by atoms with Gasteiger partial charge >= 0.3 is 5.97 Å². The molecule has 3 aromatic rings. The minimum absolute atomic E-state index is 0.166. The predicted molar refractivity (Wildman–Crippen MR) is 101 cm³/mol. The lowest BCUT2D eigenvalue weighted by molar-refractivity contribution is 0.0597. The highest BCUT2D eigenvalue weighted by atomic mass is 16.5. The Bertz CT molecular complexity index is 955. The largest absolute Gasteiger partial charge is 0.465 e. The molecule has 0 atom stereocenters. The van der Waals surface area contributed by atoms with Crippen molar-refractivity contribution >= 4 is 11.8 Å². The quantitative estimate of drug-likeness (QED) is 0.519. The number of benzene rings is 2. The van der Waals surface area contributed by atoms with Crippen LogP contribution in [0.3, 0.4) is 0 Å². The number of aromatic nitrogens is 1. The number of esters is 1. The lowest BCUT2D eigenvalue weighted by Gasteiger charge is -2.09. The van der Waals surface area contributed by atoms with Gasteiger partial charge in [0.25, 0.3) is 0 Å². The second-order valence-corrected chi connectivity index (χ2v) is 6.25. The van der Waals surface area contributed by atoms with Gasteiger partial charge in [0.15, 0.2) is 5.78 Å². The van der Waals surface area contributed by atoms with E-state index in [4.69, 9.17) is 4.74 Å². The molecule has 0 unspecified atom stereocenters. The monoisotopic (exact) mass is 347 g/mol. The number of hydrogen-bond donors (Lipinski definition) is 0. The van der Waals surface area contributed by atoms with Crippen LogP contribution in [0.15, 0.2) is 60.8 Å². The van der Waals surface area contributed by atoms with Gasteiger partial charge in [-0.25, -0.2) is 4.79 Å². The molecule has 0 bridgehead atoms. The highest BCUT2D eigenvalue weighted by molar-refractivity contribution is 6.15. The predicted octanol–water partition coefficient (Wildman–Crippen LogP) is 3.94. The van der Waals surface area contributed by atoms with Crippen LogP contribution in [0.2, 0.25) is 0 Å². The van der Waals surface area contributed by atoms with Crippen molar-refractivity contribution in [1.29, 1.82) is 0 Å². The van der Waals surface area contributed by atoms with E-state index in [1.54, 1.807) is 17.7 Å². The summed E-state index contributed by atoms with van der Waals surface area (Å²) in [5.74, 6) is -0.660. The second kappa shape index (κ2) is 7.40. The van der Waals surface area contributed by atoms with Crippen LogP contribution >= 0.6 is 0 Å². The van der Waals surface area contributed by atoms with Crippen molar-refractivity contribution in [2.24, 2.45) is 7.05 Å². The van der Waals surface area contributed by atoms with Crippen molar-refractivity contribution in [2.75, 3.05) is 7.11 Å². The molecular weight excluding hydrogens is 326 g/mol. The van der Waals surface area contributed by atoms with Gasteiger partial charge in [-0.05, 0) is 24.5 Å². The van der Waals surface area contributed by atoms with Crippen molar-refractivity contribution in [3.05, 3.63) is 94.3 Å². The summed E-state index contributed by atoms with van der Waals surface area (Å²) in [5, 5.41) is 0. The smallest absolute Gasteiger partial charge is 0.340 e. The maximum absolute atomic E-state index is 13.2. The Morgan fingerprint density at radius 1 is 0.962 bits per heavy atom. The first-order valence-corrected chi connectivity index (χ1v) is 8.43. The molecular formula is C22H21NO3. The van der Waals surface area contributed by atoms with Gasteiger partial charge in [0.1, 0.15) is 0 Å². The van der Waals surface area contributed by atoms with Crippen LogP contribution in [0.4, 0.5) is 0 Å². The molecule has 1 heterocycles. The fraction of sp³-hybridized carbons (Fsp3) is 0.182. The van der Waals surface area contributed by atoms with Gasteiger partial charge in [0.05, 0.1) is 18.2 Å². The van der Waals surface area contributed by atoms with Crippen LogP contribution in [0.1, 0.15) is 43.1 Å². The Balaban J connectivity index is 2.05. The maximum atomic E-state index is 13.2. The summed E-state index contributed by atoms with van der Waals surface area (Å²) in [6.45, 7) is 1.80. The van der Waals surface area contributed by atoms with Crippen LogP contribution in [-0.4, -0.2) is 23.4 Å². The highest BCUT2D eigenvalue weighted by Gasteiger charge is 2.25. The van der Waals surface area contributed by atoms with E-state index in [1.165, 1.54) is 7.11 Å². The number of carbonyl (C=O) groups is 2. The normalized spacial score (nSPS) is 10.6. The van der Waals surface area contributed by atoms with Gasteiger partial charge in [0.2, 0.25) is 0 Å². The molecule has 0 spiro atoms. The highest BCUT2D eigenvalue weighted by Crippen LogP contribution is 2.23. The van der Waals surface area contributed by atoms with Gasteiger partial charge in [-0.1, -0.05) is 54.6 Å². The van der Waals surface area contributed by atoms with Gasteiger partial charge < -0.3 is 9.30 Å². The molecule has 0 saturated heterocycles. The van der Waals surface area contributed by atoms with E-state index >= 15 is 0 Å². The molecule has 0 saturated carbocycles. The van der Waals surface area contributed by atoms with Crippen LogP contribution in [0.5, 0.6) is 0 Å². The zero-order valence-electron chi connectivity index (χ0n) is 15.2. The Morgan fingerprint density at radius 2 is 1.62 bits per heavy atom. The molecule has 0 amide bonds. The first kappa shape index (κ1) is 17.7. The topological polar surface area (TPSA) is 48.3 Å². The number of carbonyl (C=O) groups excluding carboxylic acids is 2. The Labute approximate surface area is 153 Å². The summed E-state index contributed by atoms with van der Waals surface area (Å²) < 4.78 is 6.66. The molecule has 26 heavy (non-hydrogen) atoms. The minimum Gasteiger partial charge on any atom is -0.465 e. The number of rotatable bonds is 5. The summed E-state index contributed by atoms with van der Waals surface area (Å²) >= 11 is 0. The van der Waals surface area contributed by atoms with Crippen molar-refractivity contribution < 1.29 is 14.3 Å². The summed E-state index contributed by atoms with van der Waals surface area (Å²) in [5.41, 5.74) is 4.07. The van der Waals surface area contributed by atoms with Crippen LogP contribution in [-0.2, 0) is 18.2 Å². The van der Waals surface area contributed by atoms with Gasteiger partial charge in [0, 0.05) is 24.5 Å². The molecule has 0 fully saturated rings. The number of aryl methyl sites for hydroxylation is 1. The fourth-order valence-electron chi connectivity index (χ4n) is 3.11. The van der Waals surface area contributed by atoms with Crippen molar-refractivity contribution in [3.8, 4) is 0 Å². The number of methoxy groups -OCH3 is 1. The zero-order chi connectivity index (χ0) is 18.7. The zero-order valence-corrected chi connectivity index (χ0v) is 15.2. The number of hydrogen-bond acceptors (Lipinski definition) is 3. The minimum atomic E-state index is -0.494. The fourth-order valence-corrected chi connectivity index (χ4v) is 3.11. The number of nitrogens with zero attached hydrogens (tertiary/aromatic N) is 1. The van der Waals surface area contributed by atoms with Crippen molar-refractivity contribution in [2.45, 2.75) is 13.3 Å². The van der Waals surface area contributed by atoms with Gasteiger partial charge in [-0.2, -0.15) is 0 Å². The van der Waals surface area contributed by atoms with E-state index in [0.717, 1.165) is 11.1 Å². The third kappa shape index (κ3) is 3.31. The Kier molecular flexibility index (Phi) is 5.03. The first-order chi connectivity index (χ1) is 12.5. The van der Waals surface area contributed by atoms with E-state index < -0.39 is 5.97 Å². The SMILES string of the molecule is COC(=O)c1c(C(=O)c2ccccc2Cc2ccccc2)cn(C)c1C. The third-order valence-electron chi connectivity index (χ3n) is 4.62. The molecule has 1 aromatic heterocycles. The molecule has 0 aliphatic heterocycles. The van der Waals surface area contributed by atoms with E-state index in [2.05, 4.69) is 0 Å². The lowest BCUT2D eigenvalue weighted by Crippen LogP contribution is -2.12. The Hall–Kier alpha value is -3.14. The van der Waals surface area contributed by atoms with Crippen molar-refractivity contribution in [1.82, 2.24) is 4.57 Å². The van der Waals surface area contributed by atoms with Crippen LogP contribution in [0.25, 0.3) is 0 Å². The van der Waals surface area contributed by atoms with Gasteiger partial charge in [-0.15, -0.1) is 0 Å².